The minimum Gasteiger partial charge on any atom is -0.0848 e. The molecule has 118 valence electrons. The predicted octanol–water partition coefficient (Wildman–Crippen LogP) is 6.37. The Hall–Kier alpha value is -0.260. The largest absolute Gasteiger partial charge is 0.0848 e. The number of rotatable bonds is 1. The van der Waals surface area contributed by atoms with E-state index in [0.29, 0.717) is 10.8 Å². The Balaban J connectivity index is 1.66. The molecule has 4 aliphatic carbocycles. The SMILES string of the molecule is CC[C@H]1CC[C@H]2[C@@H]3CCC4=CCCC[C@]4(C)[C@H]3CC[C@]12C. The molecule has 0 N–H and O–H groups in total. The van der Waals surface area contributed by atoms with Gasteiger partial charge in [0.1, 0.15) is 0 Å². The molecule has 0 nitrogen and oxygen atoms in total. The molecular formula is C21H34. The molecule has 3 saturated carbocycles. The fourth-order valence-electron chi connectivity index (χ4n) is 7.53. The third-order valence-corrected chi connectivity index (χ3v) is 8.72. The lowest BCUT2D eigenvalue weighted by Crippen LogP contribution is -2.50. The van der Waals surface area contributed by atoms with Crippen LogP contribution < -0.4 is 0 Å². The van der Waals surface area contributed by atoms with Crippen LogP contribution in [0.25, 0.3) is 0 Å². The van der Waals surface area contributed by atoms with E-state index in [9.17, 15) is 0 Å². The van der Waals surface area contributed by atoms with Crippen LogP contribution in [0.2, 0.25) is 0 Å². The number of hydrogen-bond donors (Lipinski definition) is 0. The summed E-state index contributed by atoms with van der Waals surface area (Å²) in [6, 6.07) is 0. The Kier molecular flexibility index (Phi) is 3.32. The van der Waals surface area contributed by atoms with Gasteiger partial charge in [0.15, 0.2) is 0 Å². The smallest absolute Gasteiger partial charge is 0.00853 e. The summed E-state index contributed by atoms with van der Waals surface area (Å²) in [7, 11) is 0. The van der Waals surface area contributed by atoms with Crippen LogP contribution in [0.5, 0.6) is 0 Å². The van der Waals surface area contributed by atoms with Crippen molar-refractivity contribution < 1.29 is 0 Å². The van der Waals surface area contributed by atoms with E-state index >= 15 is 0 Å². The summed E-state index contributed by atoms with van der Waals surface area (Å²) in [4.78, 5) is 0. The molecule has 3 fully saturated rings. The van der Waals surface area contributed by atoms with E-state index in [1.165, 1.54) is 57.8 Å². The second-order valence-corrected chi connectivity index (χ2v) is 9.18. The zero-order chi connectivity index (χ0) is 14.7. The summed E-state index contributed by atoms with van der Waals surface area (Å²) in [6.07, 6.45) is 17.4. The first-order valence-corrected chi connectivity index (χ1v) is 9.79. The van der Waals surface area contributed by atoms with Gasteiger partial charge in [-0.25, -0.2) is 0 Å². The van der Waals surface area contributed by atoms with Gasteiger partial charge in [-0.3, -0.25) is 0 Å². The van der Waals surface area contributed by atoms with E-state index in [1.54, 1.807) is 6.42 Å². The molecule has 0 aromatic heterocycles. The van der Waals surface area contributed by atoms with Crippen molar-refractivity contribution in [3.8, 4) is 0 Å². The molecule has 4 rings (SSSR count). The number of allylic oxidation sites excluding steroid dienone is 2. The Labute approximate surface area is 131 Å². The van der Waals surface area contributed by atoms with Gasteiger partial charge in [-0.15, -0.1) is 0 Å². The van der Waals surface area contributed by atoms with E-state index in [1.807, 2.05) is 5.57 Å². The van der Waals surface area contributed by atoms with Gasteiger partial charge in [0.05, 0.1) is 0 Å². The Bertz CT molecular complexity index is 447. The molecule has 0 unspecified atom stereocenters. The highest BCUT2D eigenvalue weighted by Gasteiger charge is 2.57. The Morgan fingerprint density at radius 1 is 1.05 bits per heavy atom. The van der Waals surface area contributed by atoms with Crippen LogP contribution in [0, 0.1) is 34.5 Å². The Morgan fingerprint density at radius 3 is 2.71 bits per heavy atom. The lowest BCUT2D eigenvalue weighted by molar-refractivity contribution is -0.0515. The number of hydrogen-bond acceptors (Lipinski definition) is 0. The highest BCUT2D eigenvalue weighted by Crippen LogP contribution is 2.67. The van der Waals surface area contributed by atoms with Gasteiger partial charge >= 0.3 is 0 Å². The summed E-state index contributed by atoms with van der Waals surface area (Å²) in [5, 5.41) is 0. The third-order valence-electron chi connectivity index (χ3n) is 8.72. The van der Waals surface area contributed by atoms with Crippen LogP contribution >= 0.6 is 0 Å². The molecule has 6 atom stereocenters. The van der Waals surface area contributed by atoms with Crippen molar-refractivity contribution in [2.45, 2.75) is 85.0 Å². The van der Waals surface area contributed by atoms with Crippen molar-refractivity contribution in [3.63, 3.8) is 0 Å². The summed E-state index contributed by atoms with van der Waals surface area (Å²) in [6.45, 7) is 7.75. The van der Waals surface area contributed by atoms with Gasteiger partial charge < -0.3 is 0 Å². The van der Waals surface area contributed by atoms with Gasteiger partial charge in [-0.2, -0.15) is 0 Å². The molecular weight excluding hydrogens is 252 g/mol. The molecule has 0 radical (unpaired) electrons. The zero-order valence-corrected chi connectivity index (χ0v) is 14.5. The molecule has 4 aliphatic rings. The fraction of sp³-hybridized carbons (Fsp3) is 0.905. The maximum atomic E-state index is 2.67. The first-order chi connectivity index (χ1) is 10.1. The molecule has 21 heavy (non-hydrogen) atoms. The third kappa shape index (κ3) is 1.86. The quantitative estimate of drug-likeness (QED) is 0.492. The summed E-state index contributed by atoms with van der Waals surface area (Å²) >= 11 is 0. The maximum absolute atomic E-state index is 2.67. The monoisotopic (exact) mass is 286 g/mol. The topological polar surface area (TPSA) is 0 Å². The van der Waals surface area contributed by atoms with E-state index < -0.39 is 0 Å². The standard InChI is InChI=1S/C21H34/c1-4-15-9-11-18-17-10-8-16-7-5-6-13-20(16,2)19(17)12-14-21(15,18)3/h7,15,17-19H,4-6,8-14H2,1-3H3/t15-,17-,18-,19-,20-,21+/m0/s1. The second kappa shape index (κ2) is 4.87. The molecule has 0 heteroatoms. The summed E-state index contributed by atoms with van der Waals surface area (Å²) in [5.74, 6) is 4.16. The molecule has 0 aliphatic heterocycles. The molecule has 0 aromatic carbocycles. The minimum atomic E-state index is 0.590. The fourth-order valence-corrected chi connectivity index (χ4v) is 7.53. The van der Waals surface area contributed by atoms with Crippen LogP contribution in [0.15, 0.2) is 11.6 Å². The highest BCUT2D eigenvalue weighted by molar-refractivity contribution is 5.23. The van der Waals surface area contributed by atoms with E-state index in [0.717, 1.165) is 23.7 Å². The van der Waals surface area contributed by atoms with Gasteiger partial charge in [0.25, 0.3) is 0 Å². The van der Waals surface area contributed by atoms with Gasteiger partial charge in [-0.1, -0.05) is 38.8 Å². The van der Waals surface area contributed by atoms with Crippen molar-refractivity contribution in [1.29, 1.82) is 0 Å². The average molecular weight is 287 g/mol. The predicted molar refractivity (Wildman–Crippen MR) is 90.1 cm³/mol. The molecule has 0 bridgehead atoms. The van der Waals surface area contributed by atoms with Crippen molar-refractivity contribution in [2.75, 3.05) is 0 Å². The van der Waals surface area contributed by atoms with Crippen LogP contribution in [0.1, 0.15) is 85.0 Å². The van der Waals surface area contributed by atoms with Crippen LogP contribution in [0.4, 0.5) is 0 Å². The number of fused-ring (bicyclic) bond motifs is 5. The maximum Gasteiger partial charge on any atom is -0.00853 e. The van der Waals surface area contributed by atoms with Crippen molar-refractivity contribution >= 4 is 0 Å². The molecule has 0 aromatic rings. The molecule has 0 amide bonds. The van der Waals surface area contributed by atoms with Gasteiger partial charge in [0.2, 0.25) is 0 Å². The normalized spacial score (nSPS) is 52.6. The van der Waals surface area contributed by atoms with Gasteiger partial charge in [0, 0.05) is 0 Å². The highest BCUT2D eigenvalue weighted by atomic mass is 14.6. The van der Waals surface area contributed by atoms with Crippen molar-refractivity contribution in [2.24, 2.45) is 34.5 Å². The van der Waals surface area contributed by atoms with E-state index in [2.05, 4.69) is 26.8 Å². The minimum absolute atomic E-state index is 0.590. The van der Waals surface area contributed by atoms with Crippen molar-refractivity contribution in [3.05, 3.63) is 11.6 Å². The van der Waals surface area contributed by atoms with Crippen LogP contribution in [-0.4, -0.2) is 0 Å². The Morgan fingerprint density at radius 2 is 1.90 bits per heavy atom. The van der Waals surface area contributed by atoms with Crippen LogP contribution in [0.3, 0.4) is 0 Å². The lowest BCUT2D eigenvalue weighted by atomic mass is 9.47. The van der Waals surface area contributed by atoms with Crippen molar-refractivity contribution in [1.82, 2.24) is 0 Å². The van der Waals surface area contributed by atoms with Gasteiger partial charge in [-0.05, 0) is 92.3 Å². The average Bonchev–Trinajstić information content (AvgIpc) is 2.83. The molecule has 0 heterocycles. The lowest BCUT2D eigenvalue weighted by Gasteiger charge is -2.58. The first kappa shape index (κ1) is 14.3. The first-order valence-electron chi connectivity index (χ1n) is 9.79. The summed E-state index contributed by atoms with van der Waals surface area (Å²) in [5.41, 5.74) is 3.15. The van der Waals surface area contributed by atoms with E-state index in [-0.39, 0.29) is 0 Å². The molecule has 0 saturated heterocycles. The second-order valence-electron chi connectivity index (χ2n) is 9.18. The van der Waals surface area contributed by atoms with E-state index in [4.69, 9.17) is 0 Å². The molecule has 0 spiro atoms. The zero-order valence-electron chi connectivity index (χ0n) is 14.5. The van der Waals surface area contributed by atoms with Crippen LogP contribution in [-0.2, 0) is 0 Å². The summed E-state index contributed by atoms with van der Waals surface area (Å²) < 4.78 is 0.